The number of hydrogen-bond acceptors (Lipinski definition) is 4. The van der Waals surface area contributed by atoms with Gasteiger partial charge in [-0.2, -0.15) is 10.2 Å². The molecule has 7 nitrogen and oxygen atoms in total. The molecule has 2 aromatic heterocycles. The summed E-state index contributed by atoms with van der Waals surface area (Å²) in [5, 5.41) is 19.3. The van der Waals surface area contributed by atoms with Crippen LogP contribution in [0.15, 0.2) is 12.4 Å². The van der Waals surface area contributed by atoms with Crippen LogP contribution in [0.4, 0.5) is 5.69 Å². The maximum Gasteiger partial charge on any atom is 0.276 e. The predicted octanol–water partition coefficient (Wildman–Crippen LogP) is 0.0308. The van der Waals surface area contributed by atoms with Crippen LogP contribution in [0, 0.1) is 0 Å². The summed E-state index contributed by atoms with van der Waals surface area (Å²) in [4.78, 5) is 12.0. The molecule has 3 heterocycles. The minimum atomic E-state index is -0.215. The Labute approximate surface area is 97.0 Å². The second-order valence-corrected chi connectivity index (χ2v) is 3.90. The van der Waals surface area contributed by atoms with Crippen LogP contribution in [0.3, 0.4) is 0 Å². The maximum absolute atomic E-state index is 12.0. The van der Waals surface area contributed by atoms with Gasteiger partial charge in [0.05, 0.1) is 11.9 Å². The van der Waals surface area contributed by atoms with E-state index in [2.05, 4.69) is 31.0 Å². The summed E-state index contributed by atoms with van der Waals surface area (Å²) >= 11 is 0. The van der Waals surface area contributed by atoms with Crippen molar-refractivity contribution in [1.29, 1.82) is 0 Å². The smallest absolute Gasteiger partial charge is 0.276 e. The quantitative estimate of drug-likeness (QED) is 0.587. The second-order valence-electron chi connectivity index (χ2n) is 3.90. The van der Waals surface area contributed by atoms with Crippen LogP contribution in [0.25, 0.3) is 0 Å². The summed E-state index contributed by atoms with van der Waals surface area (Å²) in [6, 6.07) is 0. The fourth-order valence-corrected chi connectivity index (χ4v) is 1.92. The molecule has 0 radical (unpaired) electrons. The molecule has 0 atom stereocenters. The first-order chi connectivity index (χ1) is 8.34. The van der Waals surface area contributed by atoms with Gasteiger partial charge in [-0.1, -0.05) is 0 Å². The van der Waals surface area contributed by atoms with Crippen LogP contribution in [0.2, 0.25) is 0 Å². The van der Waals surface area contributed by atoms with Crippen molar-refractivity contribution in [3.05, 3.63) is 29.3 Å². The molecule has 1 aliphatic heterocycles. The molecule has 2 aromatic rings. The number of carbonyl (C=O) groups is 1. The molecular formula is C10H12N6O. The first kappa shape index (κ1) is 10.0. The van der Waals surface area contributed by atoms with Gasteiger partial charge in [-0.15, -0.1) is 0 Å². The first-order valence-electron chi connectivity index (χ1n) is 5.41. The van der Waals surface area contributed by atoms with Crippen molar-refractivity contribution in [3.8, 4) is 0 Å². The van der Waals surface area contributed by atoms with E-state index in [0.29, 0.717) is 17.9 Å². The van der Waals surface area contributed by atoms with E-state index in [1.165, 1.54) is 0 Å². The Kier molecular flexibility index (Phi) is 2.37. The number of anilines is 1. The minimum Gasteiger partial charge on any atom is -0.318 e. The normalized spacial score (nSPS) is 14.4. The third-order valence-electron chi connectivity index (χ3n) is 2.78. The highest BCUT2D eigenvalue weighted by atomic mass is 16.2. The summed E-state index contributed by atoms with van der Waals surface area (Å²) < 4.78 is 0. The highest BCUT2D eigenvalue weighted by Crippen LogP contribution is 2.16. The molecular weight excluding hydrogens is 220 g/mol. The number of nitrogens with one attached hydrogen (secondary N) is 4. The number of amides is 1. The van der Waals surface area contributed by atoms with Crippen molar-refractivity contribution in [2.24, 2.45) is 0 Å². The van der Waals surface area contributed by atoms with Crippen molar-refractivity contribution >= 4 is 11.6 Å². The lowest BCUT2D eigenvalue weighted by atomic mass is 10.1. The Morgan fingerprint density at radius 3 is 3.24 bits per heavy atom. The van der Waals surface area contributed by atoms with E-state index >= 15 is 0 Å². The van der Waals surface area contributed by atoms with Crippen molar-refractivity contribution in [2.75, 3.05) is 11.9 Å². The van der Waals surface area contributed by atoms with Gasteiger partial charge in [0.1, 0.15) is 0 Å². The monoisotopic (exact) mass is 232 g/mol. The number of aromatic amines is 2. The summed E-state index contributed by atoms with van der Waals surface area (Å²) in [6.07, 6.45) is 4.05. The molecule has 0 aromatic carbocycles. The van der Waals surface area contributed by atoms with E-state index in [1.807, 2.05) is 0 Å². The Morgan fingerprint density at radius 1 is 1.47 bits per heavy atom. The molecule has 1 aliphatic rings. The zero-order chi connectivity index (χ0) is 11.7. The van der Waals surface area contributed by atoms with Gasteiger partial charge in [0.15, 0.2) is 5.69 Å². The van der Waals surface area contributed by atoms with Gasteiger partial charge in [-0.05, 0) is 0 Å². The largest absolute Gasteiger partial charge is 0.318 e. The average Bonchev–Trinajstić information content (AvgIpc) is 2.96. The Morgan fingerprint density at radius 2 is 2.41 bits per heavy atom. The predicted molar refractivity (Wildman–Crippen MR) is 60.5 cm³/mol. The van der Waals surface area contributed by atoms with Crippen LogP contribution >= 0.6 is 0 Å². The van der Waals surface area contributed by atoms with E-state index in [9.17, 15) is 4.79 Å². The molecule has 4 N–H and O–H groups in total. The number of hydrogen-bond donors (Lipinski definition) is 4. The van der Waals surface area contributed by atoms with Crippen LogP contribution in [-0.4, -0.2) is 32.8 Å². The van der Waals surface area contributed by atoms with Gasteiger partial charge in [0, 0.05) is 37.0 Å². The van der Waals surface area contributed by atoms with E-state index in [-0.39, 0.29) is 5.91 Å². The third kappa shape index (κ3) is 1.80. The van der Waals surface area contributed by atoms with E-state index in [0.717, 1.165) is 24.2 Å². The van der Waals surface area contributed by atoms with E-state index in [1.54, 1.807) is 12.4 Å². The molecule has 1 amide bonds. The van der Waals surface area contributed by atoms with Crippen molar-refractivity contribution in [2.45, 2.75) is 13.0 Å². The first-order valence-corrected chi connectivity index (χ1v) is 5.41. The van der Waals surface area contributed by atoms with Crippen LogP contribution in [0.1, 0.15) is 21.7 Å². The van der Waals surface area contributed by atoms with Crippen LogP contribution < -0.4 is 10.6 Å². The molecule has 0 aliphatic carbocycles. The number of H-pyrrole nitrogens is 2. The van der Waals surface area contributed by atoms with Crippen molar-refractivity contribution in [3.63, 3.8) is 0 Å². The lowest BCUT2D eigenvalue weighted by Crippen LogP contribution is -2.25. The number of nitrogens with zero attached hydrogens (tertiary/aromatic N) is 2. The Bertz CT molecular complexity index is 529. The van der Waals surface area contributed by atoms with E-state index in [4.69, 9.17) is 0 Å². The minimum absolute atomic E-state index is 0.215. The number of aromatic nitrogens is 4. The maximum atomic E-state index is 12.0. The Hall–Kier alpha value is -2.15. The molecule has 0 fully saturated rings. The summed E-state index contributed by atoms with van der Waals surface area (Å²) in [5.74, 6) is -0.215. The number of fused-ring (bicyclic) bond motifs is 1. The number of carbonyl (C=O) groups excluding carboxylic acids is 1. The summed E-state index contributed by atoms with van der Waals surface area (Å²) in [7, 11) is 0. The van der Waals surface area contributed by atoms with Gasteiger partial charge in [-0.25, -0.2) is 0 Å². The van der Waals surface area contributed by atoms with Gasteiger partial charge in [0.25, 0.3) is 5.91 Å². The van der Waals surface area contributed by atoms with Gasteiger partial charge in [-0.3, -0.25) is 15.0 Å². The highest BCUT2D eigenvalue weighted by Gasteiger charge is 2.21. The second kappa shape index (κ2) is 4.02. The molecule has 0 bridgehead atoms. The molecule has 0 saturated carbocycles. The molecule has 3 rings (SSSR count). The molecule has 0 unspecified atom stereocenters. The van der Waals surface area contributed by atoms with Gasteiger partial charge in [0.2, 0.25) is 0 Å². The fourth-order valence-electron chi connectivity index (χ4n) is 1.92. The molecule has 7 heteroatoms. The highest BCUT2D eigenvalue weighted by molar-refractivity contribution is 6.03. The lowest BCUT2D eigenvalue weighted by Gasteiger charge is -2.12. The van der Waals surface area contributed by atoms with Crippen LogP contribution in [-0.2, 0) is 13.0 Å². The topological polar surface area (TPSA) is 98.5 Å². The average molecular weight is 232 g/mol. The molecule has 88 valence electrons. The zero-order valence-corrected chi connectivity index (χ0v) is 9.08. The number of rotatable bonds is 2. The molecule has 0 spiro atoms. The third-order valence-corrected chi connectivity index (χ3v) is 2.78. The summed E-state index contributed by atoms with van der Waals surface area (Å²) in [6.45, 7) is 1.60. The van der Waals surface area contributed by atoms with Gasteiger partial charge < -0.3 is 10.6 Å². The molecule has 17 heavy (non-hydrogen) atoms. The van der Waals surface area contributed by atoms with Crippen molar-refractivity contribution in [1.82, 2.24) is 25.7 Å². The van der Waals surface area contributed by atoms with Crippen molar-refractivity contribution < 1.29 is 4.79 Å². The van der Waals surface area contributed by atoms with Crippen LogP contribution in [0.5, 0.6) is 0 Å². The van der Waals surface area contributed by atoms with Gasteiger partial charge >= 0.3 is 0 Å². The lowest BCUT2D eigenvalue weighted by molar-refractivity contribution is 0.102. The van der Waals surface area contributed by atoms with E-state index < -0.39 is 0 Å². The molecule has 0 saturated heterocycles. The summed E-state index contributed by atoms with van der Waals surface area (Å²) in [5.41, 5.74) is 3.09. The SMILES string of the molecule is O=C(Nc1cn[nH]c1)c1n[nH]c2c1CNCC2. The fraction of sp³-hybridized carbons (Fsp3) is 0.300. The Balaban J connectivity index is 1.84. The standard InChI is InChI=1S/C10H12N6O/c17-10(14-6-3-12-13-4-6)9-7-5-11-2-1-8(7)15-16-9/h3-4,11H,1-2,5H2,(H,12,13)(H,14,17)(H,15,16). The zero-order valence-electron chi connectivity index (χ0n) is 9.08.